The molecule has 1 aromatic rings. The molecule has 0 bridgehead atoms. The Labute approximate surface area is 120 Å². The maximum Gasteiger partial charge on any atom is 0.237 e. The highest BCUT2D eigenvalue weighted by Gasteiger charge is 2.13. The van der Waals surface area contributed by atoms with Crippen LogP contribution in [0.25, 0.3) is 0 Å². The molecule has 1 unspecified atom stereocenters. The Hall–Kier alpha value is -1.88. The number of carbonyl (C=O) groups excluding carboxylic acids is 1. The van der Waals surface area contributed by atoms with Gasteiger partial charge in [0.1, 0.15) is 0 Å². The van der Waals surface area contributed by atoms with E-state index in [-0.39, 0.29) is 18.1 Å². The summed E-state index contributed by atoms with van der Waals surface area (Å²) in [6.07, 6.45) is 3.42. The highest BCUT2D eigenvalue weighted by Crippen LogP contribution is 2.15. The Balaban J connectivity index is 2.56. The van der Waals surface area contributed by atoms with Gasteiger partial charge in [-0.15, -0.1) is 6.58 Å². The molecule has 20 heavy (non-hydrogen) atoms. The fourth-order valence-electron chi connectivity index (χ4n) is 1.57. The van der Waals surface area contributed by atoms with Gasteiger partial charge in [-0.2, -0.15) is 0 Å². The summed E-state index contributed by atoms with van der Waals surface area (Å²) < 4.78 is 5.64. The maximum atomic E-state index is 11.7. The van der Waals surface area contributed by atoms with Crippen molar-refractivity contribution in [1.82, 2.24) is 15.6 Å². The van der Waals surface area contributed by atoms with Crippen molar-refractivity contribution in [2.24, 2.45) is 0 Å². The van der Waals surface area contributed by atoms with Crippen molar-refractivity contribution in [3.05, 3.63) is 36.5 Å². The first-order chi connectivity index (χ1) is 9.54. The largest absolute Gasteiger partial charge is 0.475 e. The van der Waals surface area contributed by atoms with E-state index in [0.717, 1.165) is 5.56 Å². The smallest absolute Gasteiger partial charge is 0.237 e. The van der Waals surface area contributed by atoms with Gasteiger partial charge in [-0.25, -0.2) is 4.98 Å². The van der Waals surface area contributed by atoms with Crippen LogP contribution in [0.15, 0.2) is 31.0 Å². The molecule has 1 atom stereocenters. The molecule has 5 heteroatoms. The third-order valence-electron chi connectivity index (χ3n) is 2.61. The van der Waals surface area contributed by atoms with E-state index in [0.29, 0.717) is 19.0 Å². The molecule has 1 amide bonds. The third kappa shape index (κ3) is 5.40. The van der Waals surface area contributed by atoms with Crippen molar-refractivity contribution < 1.29 is 9.53 Å². The zero-order valence-corrected chi connectivity index (χ0v) is 12.3. The van der Waals surface area contributed by atoms with Gasteiger partial charge in [0.25, 0.3) is 0 Å². The second-order valence-electron chi connectivity index (χ2n) is 4.77. The molecule has 0 aliphatic carbocycles. The van der Waals surface area contributed by atoms with E-state index in [2.05, 4.69) is 22.2 Å². The molecule has 0 saturated carbocycles. The molecule has 1 aromatic heterocycles. The van der Waals surface area contributed by atoms with Crippen LogP contribution in [0.4, 0.5) is 0 Å². The second-order valence-corrected chi connectivity index (χ2v) is 4.77. The highest BCUT2D eigenvalue weighted by atomic mass is 16.5. The molecule has 0 aliphatic heterocycles. The van der Waals surface area contributed by atoms with Gasteiger partial charge >= 0.3 is 0 Å². The summed E-state index contributed by atoms with van der Waals surface area (Å²) in [7, 11) is 0. The van der Waals surface area contributed by atoms with Crippen LogP contribution in [-0.4, -0.2) is 29.6 Å². The summed E-state index contributed by atoms with van der Waals surface area (Å²) in [6, 6.07) is 3.50. The van der Waals surface area contributed by atoms with Gasteiger partial charge in [0.15, 0.2) is 0 Å². The lowest BCUT2D eigenvalue weighted by atomic mass is 10.2. The van der Waals surface area contributed by atoms with Crippen LogP contribution in [0, 0.1) is 0 Å². The number of pyridine rings is 1. The molecule has 0 radical (unpaired) electrons. The summed E-state index contributed by atoms with van der Waals surface area (Å²) in [4.78, 5) is 15.9. The number of nitrogens with one attached hydrogen (secondary N) is 2. The first-order valence-electron chi connectivity index (χ1n) is 6.77. The molecular formula is C15H23N3O2. The van der Waals surface area contributed by atoms with E-state index in [1.54, 1.807) is 12.3 Å². The third-order valence-corrected chi connectivity index (χ3v) is 2.61. The zero-order valence-electron chi connectivity index (χ0n) is 12.3. The average molecular weight is 277 g/mol. The first kappa shape index (κ1) is 16.2. The molecule has 110 valence electrons. The normalized spacial score (nSPS) is 12.0. The molecule has 0 fully saturated rings. The average Bonchev–Trinajstić information content (AvgIpc) is 2.42. The Morgan fingerprint density at radius 2 is 2.25 bits per heavy atom. The van der Waals surface area contributed by atoms with Crippen molar-refractivity contribution >= 4 is 5.91 Å². The van der Waals surface area contributed by atoms with Gasteiger partial charge < -0.3 is 15.4 Å². The van der Waals surface area contributed by atoms with Gasteiger partial charge in [-0.1, -0.05) is 12.1 Å². The summed E-state index contributed by atoms with van der Waals surface area (Å²) in [5.74, 6) is 0.550. The summed E-state index contributed by atoms with van der Waals surface area (Å²) in [5.41, 5.74) is 0.935. The Bertz CT molecular complexity index is 446. The van der Waals surface area contributed by atoms with E-state index >= 15 is 0 Å². The molecular weight excluding hydrogens is 254 g/mol. The highest BCUT2D eigenvalue weighted by molar-refractivity contribution is 5.81. The summed E-state index contributed by atoms with van der Waals surface area (Å²) in [5, 5.41) is 5.90. The minimum absolute atomic E-state index is 0.0554. The number of ether oxygens (including phenoxy) is 1. The number of aromatic nitrogens is 1. The quantitative estimate of drug-likeness (QED) is 0.709. The van der Waals surface area contributed by atoms with E-state index in [4.69, 9.17) is 4.74 Å². The number of hydrogen-bond acceptors (Lipinski definition) is 4. The summed E-state index contributed by atoms with van der Waals surface area (Å²) in [6.45, 7) is 10.3. The lowest BCUT2D eigenvalue weighted by Gasteiger charge is -2.16. The molecule has 0 aromatic carbocycles. The predicted molar refractivity (Wildman–Crippen MR) is 79.5 cm³/mol. The fourth-order valence-corrected chi connectivity index (χ4v) is 1.57. The maximum absolute atomic E-state index is 11.7. The van der Waals surface area contributed by atoms with Crippen molar-refractivity contribution in [1.29, 1.82) is 0 Å². The second kappa shape index (κ2) is 8.32. The first-order valence-corrected chi connectivity index (χ1v) is 6.77. The van der Waals surface area contributed by atoms with E-state index < -0.39 is 0 Å². The topological polar surface area (TPSA) is 63.2 Å². The zero-order chi connectivity index (χ0) is 15.0. The van der Waals surface area contributed by atoms with Crippen molar-refractivity contribution in [2.45, 2.75) is 39.5 Å². The number of hydrogen-bond donors (Lipinski definition) is 2. The lowest BCUT2D eigenvalue weighted by molar-refractivity contribution is -0.122. The van der Waals surface area contributed by atoms with Crippen LogP contribution in [0.5, 0.6) is 5.88 Å². The molecule has 1 rings (SSSR count). The minimum Gasteiger partial charge on any atom is -0.475 e. The van der Waals surface area contributed by atoms with Crippen molar-refractivity contribution in [3.8, 4) is 5.88 Å². The van der Waals surface area contributed by atoms with Crippen LogP contribution in [0.3, 0.4) is 0 Å². The van der Waals surface area contributed by atoms with Gasteiger partial charge in [0, 0.05) is 24.8 Å². The van der Waals surface area contributed by atoms with Crippen molar-refractivity contribution in [3.63, 3.8) is 0 Å². The molecule has 0 saturated heterocycles. The van der Waals surface area contributed by atoms with Crippen LogP contribution < -0.4 is 15.4 Å². The molecule has 0 spiro atoms. The molecule has 5 nitrogen and oxygen atoms in total. The minimum atomic E-state index is -0.290. The van der Waals surface area contributed by atoms with Crippen LogP contribution in [0.2, 0.25) is 0 Å². The SMILES string of the molecule is C=CCNC(=O)C(C)NCc1cccnc1OC(C)C. The number of nitrogens with zero attached hydrogens (tertiary/aromatic N) is 1. The Morgan fingerprint density at radius 1 is 1.50 bits per heavy atom. The number of amides is 1. The Morgan fingerprint density at radius 3 is 2.90 bits per heavy atom. The van der Waals surface area contributed by atoms with Crippen LogP contribution in [-0.2, 0) is 11.3 Å². The van der Waals surface area contributed by atoms with Gasteiger partial charge in [0.2, 0.25) is 11.8 Å². The van der Waals surface area contributed by atoms with Crippen molar-refractivity contribution in [2.75, 3.05) is 6.54 Å². The number of rotatable bonds is 8. The van der Waals surface area contributed by atoms with Crippen LogP contribution in [0.1, 0.15) is 26.3 Å². The molecule has 2 N–H and O–H groups in total. The Kier molecular flexibility index (Phi) is 6.73. The van der Waals surface area contributed by atoms with Gasteiger partial charge in [-0.05, 0) is 26.8 Å². The number of carbonyl (C=O) groups is 1. The summed E-state index contributed by atoms with van der Waals surface area (Å²) >= 11 is 0. The monoisotopic (exact) mass is 277 g/mol. The molecule has 1 heterocycles. The van der Waals surface area contributed by atoms with Gasteiger partial charge in [-0.3, -0.25) is 4.79 Å². The molecule has 0 aliphatic rings. The van der Waals surface area contributed by atoms with E-state index in [1.807, 2.05) is 32.9 Å². The van der Waals surface area contributed by atoms with E-state index in [1.165, 1.54) is 0 Å². The van der Waals surface area contributed by atoms with E-state index in [9.17, 15) is 4.79 Å². The lowest BCUT2D eigenvalue weighted by Crippen LogP contribution is -2.41. The van der Waals surface area contributed by atoms with Crippen LogP contribution >= 0.6 is 0 Å². The fraction of sp³-hybridized carbons (Fsp3) is 0.467. The standard InChI is InChI=1S/C15H23N3O2/c1-5-8-16-14(19)12(4)18-10-13-7-6-9-17-15(13)20-11(2)3/h5-7,9,11-12,18H,1,8,10H2,2-4H3,(H,16,19). The predicted octanol–water partition coefficient (Wildman–Crippen LogP) is 1.65. The van der Waals surface area contributed by atoms with Gasteiger partial charge in [0.05, 0.1) is 12.1 Å².